The molecule has 0 radical (unpaired) electrons. The van der Waals surface area contributed by atoms with Crippen LogP contribution in [0.25, 0.3) is 0 Å². The highest BCUT2D eigenvalue weighted by Crippen LogP contribution is 2.27. The lowest BCUT2D eigenvalue weighted by atomic mass is 10.0. The van der Waals surface area contributed by atoms with Crippen LogP contribution in [-0.4, -0.2) is 21.3 Å². The van der Waals surface area contributed by atoms with Gasteiger partial charge >= 0.3 is 0 Å². The molecular weight excluding hydrogens is 267 g/mol. The minimum atomic E-state index is -0.305. The monoisotopic (exact) mass is 282 g/mol. The molecule has 1 aromatic carbocycles. The summed E-state index contributed by atoms with van der Waals surface area (Å²) in [5.41, 5.74) is 0.481. The molecule has 0 spiro atoms. The number of likely N-dealkylation sites (N-methyl/N-ethyl adjacent to an activating group) is 1. The molecule has 0 bridgehead atoms. The van der Waals surface area contributed by atoms with Crippen LogP contribution < -0.4 is 5.32 Å². The molecule has 102 valence electrons. The van der Waals surface area contributed by atoms with Crippen molar-refractivity contribution < 1.29 is 4.39 Å². The van der Waals surface area contributed by atoms with Crippen molar-refractivity contribution >= 4 is 11.6 Å². The molecule has 0 saturated carbocycles. The summed E-state index contributed by atoms with van der Waals surface area (Å²) in [6.07, 6.45) is 2.02. The Balaban J connectivity index is 2.32. The van der Waals surface area contributed by atoms with E-state index in [1.54, 1.807) is 16.8 Å². The summed E-state index contributed by atoms with van der Waals surface area (Å²) in [7, 11) is 1.81. The molecular formula is C13H16ClFN4. The molecule has 2 aromatic rings. The molecule has 1 atom stereocenters. The standard InChI is InChI=1S/C13H16ClFN4/c1-3-16-11(7-12-17-8-18-19(12)2)13-9(14)5-4-6-10(13)15/h4-6,8,11,16H,3,7H2,1-2H3. The van der Waals surface area contributed by atoms with Gasteiger partial charge in [0.2, 0.25) is 0 Å². The highest BCUT2D eigenvalue weighted by atomic mass is 35.5. The van der Waals surface area contributed by atoms with Crippen LogP contribution in [-0.2, 0) is 13.5 Å². The van der Waals surface area contributed by atoms with Crippen LogP contribution in [0.1, 0.15) is 24.4 Å². The van der Waals surface area contributed by atoms with Crippen LogP contribution in [0.15, 0.2) is 24.5 Å². The van der Waals surface area contributed by atoms with Gasteiger partial charge in [0.1, 0.15) is 18.0 Å². The fraction of sp³-hybridized carbons (Fsp3) is 0.385. The van der Waals surface area contributed by atoms with Gasteiger partial charge in [0.25, 0.3) is 0 Å². The van der Waals surface area contributed by atoms with E-state index in [0.29, 0.717) is 23.6 Å². The van der Waals surface area contributed by atoms with Crippen LogP contribution in [0.4, 0.5) is 4.39 Å². The fourth-order valence-electron chi connectivity index (χ4n) is 2.05. The third-order valence-corrected chi connectivity index (χ3v) is 3.32. The van der Waals surface area contributed by atoms with E-state index >= 15 is 0 Å². The number of rotatable bonds is 5. The first-order valence-electron chi connectivity index (χ1n) is 6.13. The van der Waals surface area contributed by atoms with Gasteiger partial charge < -0.3 is 5.32 Å². The molecule has 1 unspecified atom stereocenters. The maximum Gasteiger partial charge on any atom is 0.138 e. The van der Waals surface area contributed by atoms with E-state index < -0.39 is 0 Å². The summed E-state index contributed by atoms with van der Waals surface area (Å²) in [5, 5.41) is 7.68. The Kier molecular flexibility index (Phi) is 4.50. The molecule has 4 nitrogen and oxygen atoms in total. The first-order valence-corrected chi connectivity index (χ1v) is 6.51. The molecule has 0 aliphatic heterocycles. The Morgan fingerprint density at radius 3 is 2.84 bits per heavy atom. The number of halogens is 2. The highest BCUT2D eigenvalue weighted by Gasteiger charge is 2.20. The normalized spacial score (nSPS) is 12.6. The van der Waals surface area contributed by atoms with Gasteiger partial charge in [0.05, 0.1) is 0 Å². The van der Waals surface area contributed by atoms with Crippen molar-refractivity contribution in [2.24, 2.45) is 7.05 Å². The molecule has 19 heavy (non-hydrogen) atoms. The van der Waals surface area contributed by atoms with Crippen molar-refractivity contribution in [2.75, 3.05) is 6.54 Å². The number of nitrogens with zero attached hydrogens (tertiary/aromatic N) is 3. The second-order valence-electron chi connectivity index (χ2n) is 4.25. The van der Waals surface area contributed by atoms with Gasteiger partial charge in [-0.15, -0.1) is 0 Å². The van der Waals surface area contributed by atoms with Gasteiger partial charge in [-0.2, -0.15) is 5.10 Å². The number of hydrogen-bond donors (Lipinski definition) is 1. The predicted molar refractivity (Wildman–Crippen MR) is 72.5 cm³/mol. The van der Waals surface area contributed by atoms with Crippen molar-refractivity contribution in [1.82, 2.24) is 20.1 Å². The van der Waals surface area contributed by atoms with Crippen LogP contribution >= 0.6 is 11.6 Å². The van der Waals surface area contributed by atoms with Gasteiger partial charge in [-0.05, 0) is 18.7 Å². The molecule has 1 N–H and O–H groups in total. The molecule has 1 aromatic heterocycles. The summed E-state index contributed by atoms with van der Waals surface area (Å²) in [6.45, 7) is 2.69. The van der Waals surface area contributed by atoms with Gasteiger partial charge in [-0.25, -0.2) is 9.37 Å². The van der Waals surface area contributed by atoms with Gasteiger partial charge in [-0.3, -0.25) is 4.68 Å². The zero-order valence-electron chi connectivity index (χ0n) is 10.9. The van der Waals surface area contributed by atoms with Crippen LogP contribution in [0, 0.1) is 5.82 Å². The van der Waals surface area contributed by atoms with E-state index in [9.17, 15) is 4.39 Å². The zero-order valence-corrected chi connectivity index (χ0v) is 11.7. The van der Waals surface area contributed by atoms with Gasteiger partial charge in [0.15, 0.2) is 0 Å². The summed E-state index contributed by atoms with van der Waals surface area (Å²) in [4.78, 5) is 4.17. The largest absolute Gasteiger partial charge is 0.310 e. The van der Waals surface area contributed by atoms with Crippen LogP contribution in [0.2, 0.25) is 5.02 Å². The third kappa shape index (κ3) is 3.11. The van der Waals surface area contributed by atoms with E-state index in [1.807, 2.05) is 14.0 Å². The lowest BCUT2D eigenvalue weighted by molar-refractivity contribution is 0.492. The Morgan fingerprint density at radius 2 is 2.26 bits per heavy atom. The lowest BCUT2D eigenvalue weighted by Gasteiger charge is -2.19. The molecule has 1 heterocycles. The second-order valence-corrected chi connectivity index (χ2v) is 4.66. The summed E-state index contributed by atoms with van der Waals surface area (Å²) in [5.74, 6) is 0.478. The van der Waals surface area contributed by atoms with Crippen molar-refractivity contribution in [2.45, 2.75) is 19.4 Å². The smallest absolute Gasteiger partial charge is 0.138 e. The Labute approximate surface area is 116 Å². The quantitative estimate of drug-likeness (QED) is 0.916. The summed E-state index contributed by atoms with van der Waals surface area (Å²) < 4.78 is 15.7. The van der Waals surface area contributed by atoms with Crippen molar-refractivity contribution in [3.05, 3.63) is 46.8 Å². The van der Waals surface area contributed by atoms with E-state index in [4.69, 9.17) is 11.6 Å². The third-order valence-electron chi connectivity index (χ3n) is 2.99. The summed E-state index contributed by atoms with van der Waals surface area (Å²) >= 11 is 6.12. The topological polar surface area (TPSA) is 42.7 Å². The fourth-order valence-corrected chi connectivity index (χ4v) is 2.35. The number of benzene rings is 1. The van der Waals surface area contributed by atoms with Gasteiger partial charge in [0, 0.05) is 30.1 Å². The molecule has 0 amide bonds. The van der Waals surface area contributed by atoms with Crippen molar-refractivity contribution in [3.8, 4) is 0 Å². The van der Waals surface area contributed by atoms with E-state index in [2.05, 4.69) is 15.4 Å². The first-order chi connectivity index (χ1) is 9.13. The SMILES string of the molecule is CCNC(Cc1ncnn1C)c1c(F)cccc1Cl. The number of aryl methyl sites for hydroxylation is 1. The van der Waals surface area contributed by atoms with Crippen molar-refractivity contribution in [3.63, 3.8) is 0 Å². The average Bonchev–Trinajstić information content (AvgIpc) is 2.75. The number of hydrogen-bond acceptors (Lipinski definition) is 3. The highest BCUT2D eigenvalue weighted by molar-refractivity contribution is 6.31. The number of aromatic nitrogens is 3. The molecule has 6 heteroatoms. The predicted octanol–water partition coefficient (Wildman–Crippen LogP) is 2.50. The van der Waals surface area contributed by atoms with E-state index in [-0.39, 0.29) is 11.9 Å². The van der Waals surface area contributed by atoms with Crippen LogP contribution in [0.5, 0.6) is 0 Å². The lowest BCUT2D eigenvalue weighted by Crippen LogP contribution is -2.25. The minimum absolute atomic E-state index is 0.221. The molecule has 0 fully saturated rings. The van der Waals surface area contributed by atoms with Gasteiger partial charge in [-0.1, -0.05) is 24.6 Å². The van der Waals surface area contributed by atoms with E-state index in [1.165, 1.54) is 12.4 Å². The Hall–Kier alpha value is -1.46. The Morgan fingerprint density at radius 1 is 1.47 bits per heavy atom. The second kappa shape index (κ2) is 6.12. The zero-order chi connectivity index (χ0) is 13.8. The molecule has 0 aliphatic rings. The number of nitrogens with one attached hydrogen (secondary N) is 1. The Bertz CT molecular complexity index is 535. The first kappa shape index (κ1) is 14.0. The molecule has 2 rings (SSSR count). The summed E-state index contributed by atoms with van der Waals surface area (Å²) in [6, 6.07) is 4.50. The molecule has 0 aliphatic carbocycles. The maximum absolute atomic E-state index is 14.0. The van der Waals surface area contributed by atoms with E-state index in [0.717, 1.165) is 5.82 Å². The van der Waals surface area contributed by atoms with Crippen molar-refractivity contribution in [1.29, 1.82) is 0 Å². The minimum Gasteiger partial charge on any atom is -0.310 e. The maximum atomic E-state index is 14.0. The average molecular weight is 283 g/mol. The molecule has 0 saturated heterocycles. The van der Waals surface area contributed by atoms with Crippen LogP contribution in [0.3, 0.4) is 0 Å².